The Labute approximate surface area is 299 Å². The Morgan fingerprint density at radius 1 is 1.00 bits per heavy atom. The predicted molar refractivity (Wildman–Crippen MR) is 208 cm³/mol. The number of hydrogen-bond donors (Lipinski definition) is 0. The highest BCUT2D eigenvalue weighted by Gasteiger charge is 2.50. The number of thiazole rings is 1. The van der Waals surface area contributed by atoms with Gasteiger partial charge in [0.15, 0.2) is 16.6 Å². The van der Waals surface area contributed by atoms with Gasteiger partial charge < -0.3 is 13.6 Å². The van der Waals surface area contributed by atoms with Gasteiger partial charge in [0.25, 0.3) is 0 Å². The van der Waals surface area contributed by atoms with Crippen LogP contribution in [0.5, 0.6) is 0 Å². The summed E-state index contributed by atoms with van der Waals surface area (Å²) in [4.78, 5) is 33.4. The second-order valence-electron chi connectivity index (χ2n) is 17.7. The lowest BCUT2D eigenvalue weighted by Gasteiger charge is -2.46. The highest BCUT2D eigenvalue weighted by atomic mass is 32.1. The van der Waals surface area contributed by atoms with Gasteiger partial charge in [0.2, 0.25) is 0 Å². The van der Waals surface area contributed by atoms with Gasteiger partial charge in [-0.15, -0.1) is 11.3 Å². The molecule has 2 heterocycles. The van der Waals surface area contributed by atoms with Crippen LogP contribution in [-0.4, -0.2) is 51.7 Å². The molecule has 0 radical (unpaired) electrons. The highest BCUT2D eigenvalue weighted by molar-refractivity contribution is 7.09. The molecule has 0 fully saturated rings. The van der Waals surface area contributed by atoms with Crippen LogP contribution in [0.3, 0.4) is 0 Å². The zero-order valence-corrected chi connectivity index (χ0v) is 36.1. The summed E-state index contributed by atoms with van der Waals surface area (Å²) in [5.41, 5.74) is 2.01. The van der Waals surface area contributed by atoms with Gasteiger partial charge in [-0.1, -0.05) is 93.0 Å². The second kappa shape index (κ2) is 16.1. The number of carbonyl (C=O) groups excluding carboxylic acids is 2. The molecule has 1 aliphatic heterocycles. The third-order valence-corrected chi connectivity index (χ3v) is 20.8. The molecule has 6 nitrogen and oxygen atoms in total. The van der Waals surface area contributed by atoms with E-state index in [0.717, 1.165) is 22.7 Å². The average molecular weight is 718 g/mol. The standard InChI is InChI=1S/C39H67NO5SSi2/c1-26-19-18-20-27(2)35(45-48(16,17)38(9,10)11)29(4)36(42)39(12,13)33(44-47(14,15)37(6,7)8)24-34(41)43-32(22-21-26)28(3)23-31-25-46-30(5)40-31/h18,20-21,23,25,27,29,32-33,35H,19,22,24H2,1-17H3/b20-18-,26-21-,28-23+/t27-,29+,32-,33-,35-/m0/s1. The van der Waals surface area contributed by atoms with Crippen LogP contribution in [0.2, 0.25) is 36.3 Å². The van der Waals surface area contributed by atoms with Gasteiger partial charge >= 0.3 is 5.97 Å². The molecule has 1 aliphatic rings. The molecule has 0 bridgehead atoms. The quantitative estimate of drug-likeness (QED) is 0.166. The summed E-state index contributed by atoms with van der Waals surface area (Å²) in [5.74, 6) is -0.712. The first-order valence-corrected chi connectivity index (χ1v) is 24.4. The first-order valence-electron chi connectivity index (χ1n) is 17.7. The Hall–Kier alpha value is -1.66. The summed E-state index contributed by atoms with van der Waals surface area (Å²) >= 11 is 1.60. The minimum atomic E-state index is -2.40. The maximum atomic E-state index is 14.8. The smallest absolute Gasteiger partial charge is 0.309 e. The van der Waals surface area contributed by atoms with E-state index in [4.69, 9.17) is 13.6 Å². The van der Waals surface area contributed by atoms with Crippen molar-refractivity contribution in [1.29, 1.82) is 0 Å². The number of rotatable bonds is 6. The molecule has 0 spiro atoms. The van der Waals surface area contributed by atoms with Gasteiger partial charge in [0.05, 0.1) is 29.3 Å². The van der Waals surface area contributed by atoms with Crippen LogP contribution in [0.1, 0.15) is 113 Å². The summed E-state index contributed by atoms with van der Waals surface area (Å²) in [7, 11) is -4.63. The summed E-state index contributed by atoms with van der Waals surface area (Å²) < 4.78 is 20.4. The normalized spacial score (nSPS) is 28.1. The zero-order valence-electron chi connectivity index (χ0n) is 33.3. The van der Waals surface area contributed by atoms with Crippen molar-refractivity contribution >= 4 is 45.8 Å². The van der Waals surface area contributed by atoms with E-state index in [0.29, 0.717) is 6.42 Å². The van der Waals surface area contributed by atoms with Gasteiger partial charge in [0.1, 0.15) is 11.9 Å². The molecule has 48 heavy (non-hydrogen) atoms. The minimum Gasteiger partial charge on any atom is -0.457 e. The number of hydrogen-bond acceptors (Lipinski definition) is 7. The summed E-state index contributed by atoms with van der Waals surface area (Å²) in [5, 5.41) is 2.89. The molecule has 0 N–H and O–H groups in total. The van der Waals surface area contributed by atoms with Crippen LogP contribution in [0.15, 0.2) is 34.8 Å². The van der Waals surface area contributed by atoms with Gasteiger partial charge in [-0.3, -0.25) is 9.59 Å². The van der Waals surface area contributed by atoms with E-state index in [2.05, 4.69) is 105 Å². The third-order valence-electron chi connectivity index (χ3n) is 11.1. The zero-order chi connectivity index (χ0) is 37.0. The van der Waals surface area contributed by atoms with Gasteiger partial charge in [0, 0.05) is 23.1 Å². The van der Waals surface area contributed by atoms with Gasteiger partial charge in [-0.05, 0) is 81.0 Å². The topological polar surface area (TPSA) is 74.7 Å². The van der Waals surface area contributed by atoms with E-state index in [-0.39, 0.29) is 40.3 Å². The first-order chi connectivity index (χ1) is 21.7. The Bertz CT molecular complexity index is 1360. The molecule has 0 unspecified atom stereocenters. The number of ether oxygens (including phenoxy) is 1. The summed E-state index contributed by atoms with van der Waals surface area (Å²) in [6.45, 7) is 36.3. The van der Waals surface area contributed by atoms with Crippen molar-refractivity contribution in [3.63, 3.8) is 0 Å². The fourth-order valence-electron chi connectivity index (χ4n) is 5.48. The Morgan fingerprint density at radius 3 is 2.08 bits per heavy atom. The summed E-state index contributed by atoms with van der Waals surface area (Å²) in [6.07, 6.45) is 8.47. The third kappa shape index (κ3) is 11.2. The molecule has 0 aliphatic carbocycles. The Morgan fingerprint density at radius 2 is 1.56 bits per heavy atom. The molecule has 2 rings (SSSR count). The van der Waals surface area contributed by atoms with Crippen molar-refractivity contribution in [2.24, 2.45) is 17.3 Å². The van der Waals surface area contributed by atoms with Crippen LogP contribution in [0.4, 0.5) is 0 Å². The summed E-state index contributed by atoms with van der Waals surface area (Å²) in [6, 6.07) is 0. The molecule has 1 aromatic rings. The average Bonchev–Trinajstić information content (AvgIpc) is 3.34. The number of allylic oxidation sites excluding steroid dienone is 2. The number of cyclic esters (lactones) is 1. The molecular weight excluding hydrogens is 651 g/mol. The molecule has 0 saturated carbocycles. The van der Waals surface area contributed by atoms with Crippen molar-refractivity contribution in [1.82, 2.24) is 4.98 Å². The van der Waals surface area contributed by atoms with Crippen LogP contribution < -0.4 is 0 Å². The van der Waals surface area contributed by atoms with Crippen LogP contribution in [0, 0.1) is 24.2 Å². The maximum absolute atomic E-state index is 14.8. The van der Waals surface area contributed by atoms with Crippen molar-refractivity contribution in [2.45, 2.75) is 164 Å². The molecular formula is C39H67NO5SSi2. The number of aryl methyl sites for hydroxylation is 1. The van der Waals surface area contributed by atoms with Gasteiger partial charge in [-0.2, -0.15) is 0 Å². The maximum Gasteiger partial charge on any atom is 0.309 e. The molecule has 0 saturated heterocycles. The number of Topliss-reactive ketones (excluding diaryl/α,β-unsaturated/α-hetero) is 1. The van der Waals surface area contributed by atoms with Crippen molar-refractivity contribution < 1.29 is 23.2 Å². The second-order valence-corrected chi connectivity index (χ2v) is 28.3. The number of aromatic nitrogens is 1. The van der Waals surface area contributed by atoms with Crippen LogP contribution in [-0.2, 0) is 23.2 Å². The number of nitrogens with zero attached hydrogens (tertiary/aromatic N) is 1. The monoisotopic (exact) mass is 717 g/mol. The largest absolute Gasteiger partial charge is 0.457 e. The fourth-order valence-corrected chi connectivity index (χ4v) is 8.95. The lowest BCUT2D eigenvalue weighted by molar-refractivity contribution is -0.153. The van der Waals surface area contributed by atoms with E-state index >= 15 is 0 Å². The van der Waals surface area contributed by atoms with Crippen molar-refractivity contribution in [2.75, 3.05) is 0 Å². The number of carbonyl (C=O) groups is 2. The van der Waals surface area contributed by atoms with E-state index in [1.807, 2.05) is 46.1 Å². The first kappa shape index (κ1) is 42.5. The Balaban J connectivity index is 2.70. The SMILES string of the molecule is C/C1=C/C[C@@H](/C(C)=C/c2csc(C)n2)OC(=O)C[C@H](O[Si](C)(C)C(C)(C)C)C(C)(C)C(=O)[C@H](C)[C@@H](O[Si](C)(C)C(C)(C)C)[C@@H](C)/C=C\C1. The van der Waals surface area contributed by atoms with E-state index in [1.165, 1.54) is 5.57 Å². The minimum absolute atomic E-state index is 0.0104. The molecule has 272 valence electrons. The molecule has 5 atom stereocenters. The van der Waals surface area contributed by atoms with E-state index < -0.39 is 40.2 Å². The van der Waals surface area contributed by atoms with Crippen molar-refractivity contribution in [3.05, 3.63) is 45.5 Å². The fraction of sp³-hybridized carbons (Fsp3) is 0.718. The predicted octanol–water partition coefficient (Wildman–Crippen LogP) is 11.1. The lowest BCUT2D eigenvalue weighted by atomic mass is 9.73. The van der Waals surface area contributed by atoms with Crippen molar-refractivity contribution in [3.8, 4) is 0 Å². The van der Waals surface area contributed by atoms with E-state index in [1.54, 1.807) is 11.3 Å². The number of ketones is 1. The molecule has 1 aromatic heterocycles. The lowest BCUT2D eigenvalue weighted by Crippen LogP contribution is -2.54. The van der Waals surface area contributed by atoms with Gasteiger partial charge in [-0.25, -0.2) is 4.98 Å². The number of esters is 1. The Kier molecular flexibility index (Phi) is 14.3. The highest BCUT2D eigenvalue weighted by Crippen LogP contribution is 2.44. The van der Waals surface area contributed by atoms with E-state index in [9.17, 15) is 9.59 Å². The molecule has 0 aromatic carbocycles. The molecule has 9 heteroatoms. The van der Waals surface area contributed by atoms with Crippen LogP contribution >= 0.6 is 11.3 Å². The molecule has 0 amide bonds. The van der Waals surface area contributed by atoms with Crippen LogP contribution in [0.25, 0.3) is 6.08 Å².